The number of hydrogen-bond donors (Lipinski definition) is 1. The predicted molar refractivity (Wildman–Crippen MR) is 152 cm³/mol. The monoisotopic (exact) mass is 612 g/mol. The standard InChI is InChI=1S/C27H18Cl2N4O5S2/c28-17-3-1-16(18(29)12-17)13-39-27-32-31-26(40-27)33-22(14-5-7-30-8-6-14)21(24(35)25(33)36)23(34)15-2-4-19-20(11-15)38-10-9-37-19/h1-8,11-12,22,34H,9-10,13H2/b23-21+. The summed E-state index contributed by atoms with van der Waals surface area (Å²) in [7, 11) is 0. The molecule has 0 radical (unpaired) electrons. The van der Waals surface area contributed by atoms with Crippen LogP contribution in [-0.2, 0) is 15.3 Å². The lowest BCUT2D eigenvalue weighted by Gasteiger charge is -2.22. The van der Waals surface area contributed by atoms with Crippen LogP contribution in [0.5, 0.6) is 11.5 Å². The Bertz CT molecular complexity index is 1660. The fourth-order valence-electron chi connectivity index (χ4n) is 4.37. The number of halogens is 2. The van der Waals surface area contributed by atoms with Crippen molar-refractivity contribution in [2.75, 3.05) is 18.1 Å². The number of amides is 1. The number of aromatic nitrogens is 3. The Balaban J connectivity index is 1.36. The number of rotatable bonds is 6. The van der Waals surface area contributed by atoms with E-state index in [1.807, 2.05) is 6.07 Å². The van der Waals surface area contributed by atoms with Gasteiger partial charge in [-0.1, -0.05) is 52.4 Å². The number of benzene rings is 2. The third-order valence-electron chi connectivity index (χ3n) is 6.25. The Morgan fingerprint density at radius 2 is 1.80 bits per heavy atom. The van der Waals surface area contributed by atoms with Gasteiger partial charge in [0.25, 0.3) is 5.78 Å². The van der Waals surface area contributed by atoms with E-state index in [1.54, 1.807) is 54.9 Å². The summed E-state index contributed by atoms with van der Waals surface area (Å²) in [6.45, 7) is 0.778. The van der Waals surface area contributed by atoms with Crippen molar-refractivity contribution in [1.29, 1.82) is 0 Å². The molecule has 1 saturated heterocycles. The van der Waals surface area contributed by atoms with Crippen LogP contribution in [0.15, 0.2) is 70.8 Å². The lowest BCUT2D eigenvalue weighted by atomic mass is 9.96. The number of aliphatic hydroxyl groups is 1. The molecule has 9 nitrogen and oxygen atoms in total. The van der Waals surface area contributed by atoms with Crippen molar-refractivity contribution in [1.82, 2.24) is 15.2 Å². The number of nitrogens with zero attached hydrogens (tertiary/aromatic N) is 4. The van der Waals surface area contributed by atoms with E-state index in [9.17, 15) is 14.7 Å². The molecule has 6 rings (SSSR count). The quantitative estimate of drug-likeness (QED) is 0.0929. The topological polar surface area (TPSA) is 115 Å². The first-order valence-electron chi connectivity index (χ1n) is 11.9. The summed E-state index contributed by atoms with van der Waals surface area (Å²) in [5.41, 5.74) is 1.68. The number of Topliss-reactive ketones (excluding diaryl/α,β-unsaturated/α-hetero) is 1. The van der Waals surface area contributed by atoms with Gasteiger partial charge in [-0.05, 0) is 53.6 Å². The van der Waals surface area contributed by atoms with Crippen LogP contribution in [0.25, 0.3) is 5.76 Å². The van der Waals surface area contributed by atoms with Gasteiger partial charge in [0.15, 0.2) is 15.8 Å². The number of fused-ring (bicyclic) bond motifs is 1. The molecule has 1 atom stereocenters. The van der Waals surface area contributed by atoms with Crippen LogP contribution in [0.4, 0.5) is 5.13 Å². The number of aliphatic hydroxyl groups excluding tert-OH is 1. The largest absolute Gasteiger partial charge is 0.507 e. The molecule has 0 aliphatic carbocycles. The van der Waals surface area contributed by atoms with Gasteiger partial charge in [0.2, 0.25) is 5.13 Å². The van der Waals surface area contributed by atoms with Gasteiger partial charge in [0.1, 0.15) is 19.0 Å². The summed E-state index contributed by atoms with van der Waals surface area (Å²) in [4.78, 5) is 32.1. The van der Waals surface area contributed by atoms with E-state index >= 15 is 0 Å². The van der Waals surface area contributed by atoms with Gasteiger partial charge in [0, 0.05) is 33.8 Å². The summed E-state index contributed by atoms with van der Waals surface area (Å²) in [6, 6.07) is 12.5. The molecule has 2 aromatic carbocycles. The van der Waals surface area contributed by atoms with Gasteiger partial charge in [-0.2, -0.15) is 0 Å². The average molecular weight is 614 g/mol. The second-order valence-electron chi connectivity index (χ2n) is 8.68. The SMILES string of the molecule is O=C1C(=O)N(c2nnc(SCc3ccc(Cl)cc3Cl)s2)C(c2ccncc2)/C1=C(\O)c1ccc2c(c1)OCCO2. The molecule has 0 saturated carbocycles. The van der Waals surface area contributed by atoms with Crippen LogP contribution in [-0.4, -0.2) is 45.2 Å². The van der Waals surface area contributed by atoms with Crippen LogP contribution in [0.1, 0.15) is 22.7 Å². The number of pyridine rings is 1. The fourth-order valence-corrected chi connectivity index (χ4v) is 6.80. The van der Waals surface area contributed by atoms with Crippen molar-refractivity contribution in [3.05, 3.63) is 93.2 Å². The van der Waals surface area contributed by atoms with E-state index in [1.165, 1.54) is 16.7 Å². The van der Waals surface area contributed by atoms with E-state index < -0.39 is 17.7 Å². The van der Waals surface area contributed by atoms with Crippen molar-refractivity contribution < 1.29 is 24.2 Å². The Labute approximate surface area is 246 Å². The van der Waals surface area contributed by atoms with E-state index in [4.69, 9.17) is 32.7 Å². The average Bonchev–Trinajstić information content (AvgIpc) is 3.54. The van der Waals surface area contributed by atoms with Crippen molar-refractivity contribution in [3.8, 4) is 11.5 Å². The molecule has 4 heterocycles. The lowest BCUT2D eigenvalue weighted by molar-refractivity contribution is -0.132. The molecule has 1 unspecified atom stereocenters. The molecular weight excluding hydrogens is 595 g/mol. The Morgan fingerprint density at radius 3 is 2.58 bits per heavy atom. The molecule has 0 bridgehead atoms. The van der Waals surface area contributed by atoms with E-state index in [0.717, 1.165) is 16.9 Å². The van der Waals surface area contributed by atoms with E-state index in [0.29, 0.717) is 56.0 Å². The maximum absolute atomic E-state index is 13.4. The summed E-state index contributed by atoms with van der Waals surface area (Å²) in [6.07, 6.45) is 3.10. The minimum absolute atomic E-state index is 0.0785. The van der Waals surface area contributed by atoms with Crippen LogP contribution in [0.3, 0.4) is 0 Å². The number of carbonyl (C=O) groups is 2. The lowest BCUT2D eigenvalue weighted by Crippen LogP contribution is -2.29. The maximum Gasteiger partial charge on any atom is 0.301 e. The molecule has 202 valence electrons. The molecule has 2 aliphatic heterocycles. The number of ketones is 1. The zero-order valence-electron chi connectivity index (χ0n) is 20.4. The second kappa shape index (κ2) is 11.1. The minimum atomic E-state index is -0.951. The normalized spacial score (nSPS) is 17.9. The summed E-state index contributed by atoms with van der Waals surface area (Å²) >= 11 is 14.8. The fraction of sp³-hybridized carbons (Fsp3) is 0.148. The Morgan fingerprint density at radius 1 is 1.02 bits per heavy atom. The predicted octanol–water partition coefficient (Wildman–Crippen LogP) is 5.93. The summed E-state index contributed by atoms with van der Waals surface area (Å²) in [5, 5.41) is 21.1. The van der Waals surface area contributed by atoms with E-state index in [-0.39, 0.29) is 16.5 Å². The van der Waals surface area contributed by atoms with Crippen LogP contribution >= 0.6 is 46.3 Å². The zero-order chi connectivity index (χ0) is 27.8. The molecule has 1 amide bonds. The van der Waals surface area contributed by atoms with Gasteiger partial charge in [-0.15, -0.1) is 10.2 Å². The molecule has 40 heavy (non-hydrogen) atoms. The molecule has 2 aromatic heterocycles. The minimum Gasteiger partial charge on any atom is -0.507 e. The van der Waals surface area contributed by atoms with Gasteiger partial charge >= 0.3 is 5.91 Å². The zero-order valence-corrected chi connectivity index (χ0v) is 23.6. The third-order valence-corrected chi connectivity index (χ3v) is 8.94. The molecule has 1 fully saturated rings. The van der Waals surface area contributed by atoms with Gasteiger partial charge in [0.05, 0.1) is 11.6 Å². The highest BCUT2D eigenvalue weighted by Crippen LogP contribution is 2.45. The first-order chi connectivity index (χ1) is 19.4. The summed E-state index contributed by atoms with van der Waals surface area (Å²) in [5.74, 6) is -0.525. The van der Waals surface area contributed by atoms with Crippen LogP contribution < -0.4 is 14.4 Å². The second-order valence-corrected chi connectivity index (χ2v) is 11.7. The van der Waals surface area contributed by atoms with Crippen LogP contribution in [0, 0.1) is 0 Å². The van der Waals surface area contributed by atoms with Crippen molar-refractivity contribution in [2.45, 2.75) is 16.1 Å². The number of hydrogen-bond acceptors (Lipinski definition) is 10. The molecule has 13 heteroatoms. The molecule has 2 aliphatic rings. The molecular formula is C27H18Cl2N4O5S2. The van der Waals surface area contributed by atoms with Gasteiger partial charge < -0.3 is 14.6 Å². The molecule has 4 aromatic rings. The highest BCUT2D eigenvalue weighted by molar-refractivity contribution is 8.00. The number of carbonyl (C=O) groups excluding carboxylic acids is 2. The van der Waals surface area contributed by atoms with Crippen LogP contribution in [0.2, 0.25) is 10.0 Å². The smallest absolute Gasteiger partial charge is 0.301 e. The van der Waals surface area contributed by atoms with E-state index in [2.05, 4.69) is 15.2 Å². The van der Waals surface area contributed by atoms with Crippen molar-refractivity contribution >= 4 is 68.9 Å². The number of thioether (sulfide) groups is 1. The first kappa shape index (κ1) is 26.6. The maximum atomic E-state index is 13.4. The number of ether oxygens (including phenoxy) is 2. The van der Waals surface area contributed by atoms with Crippen molar-refractivity contribution in [2.24, 2.45) is 0 Å². The summed E-state index contributed by atoms with van der Waals surface area (Å²) < 4.78 is 11.8. The highest BCUT2D eigenvalue weighted by atomic mass is 35.5. The third kappa shape index (κ3) is 5.01. The van der Waals surface area contributed by atoms with Gasteiger partial charge in [-0.25, -0.2) is 0 Å². The van der Waals surface area contributed by atoms with Gasteiger partial charge in [-0.3, -0.25) is 19.5 Å². The highest BCUT2D eigenvalue weighted by Gasteiger charge is 2.48. The first-order valence-corrected chi connectivity index (χ1v) is 14.5. The Hall–Kier alpha value is -3.64. The molecule has 1 N–H and O–H groups in total. The Kier molecular flexibility index (Phi) is 7.37. The van der Waals surface area contributed by atoms with Crippen molar-refractivity contribution in [3.63, 3.8) is 0 Å². The molecule has 0 spiro atoms. The number of anilines is 1.